The molecule has 5 nitrogen and oxygen atoms in total. The molecule has 3 heterocycles. The molecule has 92 valence electrons. The lowest BCUT2D eigenvalue weighted by Crippen LogP contribution is -2.31. The second-order valence-corrected chi connectivity index (χ2v) is 4.65. The normalized spacial score (nSPS) is 30.5. The van der Waals surface area contributed by atoms with Gasteiger partial charge in [-0.05, 0) is 25.3 Å². The van der Waals surface area contributed by atoms with Crippen molar-refractivity contribution in [2.24, 2.45) is 0 Å². The summed E-state index contributed by atoms with van der Waals surface area (Å²) in [6, 6.07) is 3.90. The quantitative estimate of drug-likeness (QED) is 0.828. The lowest BCUT2D eigenvalue weighted by atomic mass is 9.95. The highest BCUT2D eigenvalue weighted by Gasteiger charge is 2.40. The molecular formula is C12H17N3O2. The van der Waals surface area contributed by atoms with Crippen molar-refractivity contribution in [1.29, 1.82) is 0 Å². The maximum Gasteiger partial charge on any atom is 0.215 e. The van der Waals surface area contributed by atoms with E-state index in [0.717, 1.165) is 12.8 Å². The van der Waals surface area contributed by atoms with Crippen molar-refractivity contribution in [1.82, 2.24) is 4.98 Å². The second kappa shape index (κ2) is 4.07. The van der Waals surface area contributed by atoms with Crippen LogP contribution in [0.3, 0.4) is 0 Å². The van der Waals surface area contributed by atoms with Crippen molar-refractivity contribution in [3.05, 3.63) is 12.1 Å². The van der Waals surface area contributed by atoms with Crippen LogP contribution in [-0.4, -0.2) is 30.3 Å². The molecule has 3 atom stereocenters. The molecule has 2 aliphatic rings. The number of nitrogens with two attached hydrogens (primary N) is 1. The summed E-state index contributed by atoms with van der Waals surface area (Å²) in [7, 11) is 1.60. The van der Waals surface area contributed by atoms with E-state index in [2.05, 4.69) is 10.3 Å². The maximum absolute atomic E-state index is 5.90. The molecule has 0 spiro atoms. The maximum atomic E-state index is 5.90. The van der Waals surface area contributed by atoms with Crippen LogP contribution in [0.2, 0.25) is 0 Å². The van der Waals surface area contributed by atoms with E-state index >= 15 is 0 Å². The van der Waals surface area contributed by atoms with E-state index < -0.39 is 0 Å². The Hall–Kier alpha value is -1.49. The average Bonchev–Trinajstić information content (AvgIpc) is 2.94. The van der Waals surface area contributed by atoms with Gasteiger partial charge >= 0.3 is 0 Å². The molecule has 0 amide bonds. The minimum atomic E-state index is 0.312. The summed E-state index contributed by atoms with van der Waals surface area (Å²) in [5.41, 5.74) is 6.55. The number of nitrogens with zero attached hydrogens (tertiary/aromatic N) is 1. The molecule has 0 saturated carbocycles. The SMILES string of the molecule is COc1ccc(N)c(NC2CC3CCC2O3)n1. The Morgan fingerprint density at radius 1 is 1.47 bits per heavy atom. The Morgan fingerprint density at radius 2 is 2.35 bits per heavy atom. The number of hydrogen-bond donors (Lipinski definition) is 2. The van der Waals surface area contributed by atoms with Crippen molar-refractivity contribution in [2.75, 3.05) is 18.2 Å². The van der Waals surface area contributed by atoms with Gasteiger partial charge < -0.3 is 20.5 Å². The Morgan fingerprint density at radius 3 is 3.00 bits per heavy atom. The van der Waals surface area contributed by atoms with Crippen LogP contribution in [0.5, 0.6) is 5.88 Å². The average molecular weight is 235 g/mol. The minimum Gasteiger partial charge on any atom is -0.481 e. The number of hydrogen-bond acceptors (Lipinski definition) is 5. The Balaban J connectivity index is 1.76. The third-order valence-electron chi connectivity index (χ3n) is 3.54. The van der Waals surface area contributed by atoms with Crippen LogP contribution in [0.25, 0.3) is 0 Å². The van der Waals surface area contributed by atoms with Gasteiger partial charge in [-0.1, -0.05) is 0 Å². The monoisotopic (exact) mass is 235 g/mol. The lowest BCUT2D eigenvalue weighted by Gasteiger charge is -2.21. The number of nitrogens with one attached hydrogen (secondary N) is 1. The summed E-state index contributed by atoms with van der Waals surface area (Å²) in [6.07, 6.45) is 4.09. The topological polar surface area (TPSA) is 69.4 Å². The van der Waals surface area contributed by atoms with Crippen LogP contribution in [0.1, 0.15) is 19.3 Å². The highest BCUT2D eigenvalue weighted by Crippen LogP contribution is 2.36. The molecule has 2 bridgehead atoms. The van der Waals surface area contributed by atoms with Gasteiger partial charge in [0.25, 0.3) is 0 Å². The molecule has 5 heteroatoms. The molecule has 2 aliphatic heterocycles. The lowest BCUT2D eigenvalue weighted by molar-refractivity contribution is 0.102. The molecule has 1 aromatic rings. The molecule has 2 saturated heterocycles. The van der Waals surface area contributed by atoms with Crippen molar-refractivity contribution in [2.45, 2.75) is 37.5 Å². The zero-order valence-corrected chi connectivity index (χ0v) is 9.85. The van der Waals surface area contributed by atoms with E-state index in [9.17, 15) is 0 Å². The fraction of sp³-hybridized carbons (Fsp3) is 0.583. The second-order valence-electron chi connectivity index (χ2n) is 4.65. The number of ether oxygens (including phenoxy) is 2. The summed E-state index contributed by atoms with van der Waals surface area (Å²) in [4.78, 5) is 4.32. The minimum absolute atomic E-state index is 0.312. The zero-order valence-electron chi connectivity index (χ0n) is 9.85. The standard InChI is InChI=1S/C12H17N3O2/c1-16-11-5-3-8(13)12(15-11)14-9-6-7-2-4-10(9)17-7/h3,5,7,9-10H,2,4,6,13H2,1H3,(H,14,15). The van der Waals surface area contributed by atoms with Crippen LogP contribution in [0.4, 0.5) is 11.5 Å². The number of fused-ring (bicyclic) bond motifs is 2. The Labute approximate surface area is 100 Å². The van der Waals surface area contributed by atoms with Crippen LogP contribution < -0.4 is 15.8 Å². The molecule has 3 unspecified atom stereocenters. The zero-order chi connectivity index (χ0) is 11.8. The molecule has 17 heavy (non-hydrogen) atoms. The van der Waals surface area contributed by atoms with Gasteiger partial charge in [-0.15, -0.1) is 0 Å². The Bertz CT molecular complexity index is 424. The van der Waals surface area contributed by atoms with Gasteiger partial charge in [0.05, 0.1) is 31.0 Å². The van der Waals surface area contributed by atoms with Crippen molar-refractivity contribution in [3.63, 3.8) is 0 Å². The van der Waals surface area contributed by atoms with Crippen LogP contribution in [0, 0.1) is 0 Å². The highest BCUT2D eigenvalue weighted by atomic mass is 16.5. The van der Waals surface area contributed by atoms with E-state index in [1.807, 2.05) is 6.07 Å². The summed E-state index contributed by atoms with van der Waals surface area (Å²) < 4.78 is 10.9. The highest BCUT2D eigenvalue weighted by molar-refractivity contribution is 5.62. The van der Waals surface area contributed by atoms with Crippen molar-refractivity contribution in [3.8, 4) is 5.88 Å². The predicted molar refractivity (Wildman–Crippen MR) is 65.1 cm³/mol. The molecule has 3 N–H and O–H groups in total. The number of aromatic nitrogens is 1. The van der Waals surface area contributed by atoms with Gasteiger partial charge in [0.15, 0.2) is 5.82 Å². The predicted octanol–water partition coefficient (Wildman–Crippen LogP) is 1.40. The molecule has 0 aliphatic carbocycles. The Kier molecular flexibility index (Phi) is 2.55. The molecule has 0 aromatic carbocycles. The molecule has 1 aromatic heterocycles. The molecule has 2 fully saturated rings. The fourth-order valence-electron chi connectivity index (χ4n) is 2.65. The first-order valence-corrected chi connectivity index (χ1v) is 5.99. The van der Waals surface area contributed by atoms with Gasteiger partial charge in [0, 0.05) is 6.07 Å². The van der Waals surface area contributed by atoms with E-state index in [1.165, 1.54) is 6.42 Å². The van der Waals surface area contributed by atoms with E-state index in [-0.39, 0.29) is 0 Å². The molecular weight excluding hydrogens is 218 g/mol. The van der Waals surface area contributed by atoms with Gasteiger partial charge in [-0.2, -0.15) is 4.98 Å². The summed E-state index contributed by atoms with van der Waals surface area (Å²) in [6.45, 7) is 0. The first-order valence-electron chi connectivity index (χ1n) is 5.99. The smallest absolute Gasteiger partial charge is 0.215 e. The van der Waals surface area contributed by atoms with E-state index in [1.54, 1.807) is 13.2 Å². The summed E-state index contributed by atoms with van der Waals surface area (Å²) in [5, 5.41) is 3.37. The number of methoxy groups -OCH3 is 1. The number of pyridine rings is 1. The summed E-state index contributed by atoms with van der Waals surface area (Å²) >= 11 is 0. The van der Waals surface area contributed by atoms with E-state index in [0.29, 0.717) is 35.6 Å². The van der Waals surface area contributed by atoms with Crippen LogP contribution >= 0.6 is 0 Å². The third kappa shape index (κ3) is 1.91. The van der Waals surface area contributed by atoms with Gasteiger partial charge in [-0.3, -0.25) is 0 Å². The van der Waals surface area contributed by atoms with E-state index in [4.69, 9.17) is 15.2 Å². The largest absolute Gasteiger partial charge is 0.481 e. The summed E-state index contributed by atoms with van der Waals surface area (Å²) in [5.74, 6) is 1.27. The van der Waals surface area contributed by atoms with Gasteiger partial charge in [0.1, 0.15) is 0 Å². The van der Waals surface area contributed by atoms with Gasteiger partial charge in [0.2, 0.25) is 5.88 Å². The number of rotatable bonds is 3. The van der Waals surface area contributed by atoms with Gasteiger partial charge in [-0.25, -0.2) is 0 Å². The fourth-order valence-corrected chi connectivity index (χ4v) is 2.65. The number of nitrogen functional groups attached to an aromatic ring is 1. The molecule has 3 rings (SSSR count). The third-order valence-corrected chi connectivity index (χ3v) is 3.54. The number of anilines is 2. The van der Waals surface area contributed by atoms with Crippen molar-refractivity contribution < 1.29 is 9.47 Å². The molecule has 0 radical (unpaired) electrons. The first kappa shape index (κ1) is 10.7. The van der Waals surface area contributed by atoms with Crippen LogP contribution in [0.15, 0.2) is 12.1 Å². The van der Waals surface area contributed by atoms with Crippen molar-refractivity contribution >= 4 is 11.5 Å². The first-order chi connectivity index (χ1) is 8.26. The van der Waals surface area contributed by atoms with Crippen LogP contribution in [-0.2, 0) is 4.74 Å².